The smallest absolute Gasteiger partial charge is 0.137 e. The van der Waals surface area contributed by atoms with Gasteiger partial charge in [0.15, 0.2) is 0 Å². The van der Waals surface area contributed by atoms with E-state index in [-0.39, 0.29) is 6.10 Å². The first-order valence-corrected chi connectivity index (χ1v) is 9.49. The van der Waals surface area contributed by atoms with Crippen molar-refractivity contribution in [3.63, 3.8) is 0 Å². The van der Waals surface area contributed by atoms with Gasteiger partial charge in [0.1, 0.15) is 5.76 Å². The second kappa shape index (κ2) is 8.63. The average molecular weight is 342 g/mol. The first kappa shape index (κ1) is 18.2. The van der Waals surface area contributed by atoms with Crippen LogP contribution in [0.15, 0.2) is 34.9 Å². The van der Waals surface area contributed by atoms with Gasteiger partial charge in [-0.05, 0) is 70.5 Å². The van der Waals surface area contributed by atoms with E-state index in [0.717, 1.165) is 63.2 Å². The molecule has 4 nitrogen and oxygen atoms in total. The topological polar surface area (TPSA) is 49.5 Å². The molecule has 0 radical (unpaired) electrons. The van der Waals surface area contributed by atoms with Crippen LogP contribution in [0.5, 0.6) is 0 Å². The van der Waals surface area contributed by atoms with Crippen LogP contribution in [0.2, 0.25) is 0 Å². The highest BCUT2D eigenvalue weighted by Crippen LogP contribution is 2.24. The average Bonchev–Trinajstić information content (AvgIpc) is 2.97. The predicted molar refractivity (Wildman–Crippen MR) is 99.6 cm³/mol. The Balaban J connectivity index is 1.39. The van der Waals surface area contributed by atoms with Crippen LogP contribution in [-0.4, -0.2) is 40.9 Å². The quantitative estimate of drug-likeness (QED) is 0.836. The van der Waals surface area contributed by atoms with E-state index in [0.29, 0.717) is 5.92 Å². The number of benzene rings is 1. The monoisotopic (exact) mass is 342 g/mol. The molecule has 0 saturated carbocycles. The van der Waals surface area contributed by atoms with Crippen molar-refractivity contribution in [3.8, 4) is 0 Å². The van der Waals surface area contributed by atoms with E-state index in [1.807, 2.05) is 19.9 Å². The van der Waals surface area contributed by atoms with Gasteiger partial charge in [-0.25, -0.2) is 0 Å². The molecule has 1 aliphatic rings. The van der Waals surface area contributed by atoms with Gasteiger partial charge in [0, 0.05) is 12.1 Å². The molecule has 1 aromatic carbocycles. The van der Waals surface area contributed by atoms with Crippen molar-refractivity contribution in [1.29, 1.82) is 0 Å². The van der Waals surface area contributed by atoms with E-state index in [1.165, 1.54) is 11.1 Å². The molecule has 1 aromatic heterocycles. The third-order valence-electron chi connectivity index (χ3n) is 5.61. The minimum atomic E-state index is -0.176. The SMILES string of the molecule is Cc1noc(C)c1CCN1CCC(C(O)CCc2ccccc2)CC1. The highest BCUT2D eigenvalue weighted by molar-refractivity contribution is 5.21. The van der Waals surface area contributed by atoms with Gasteiger partial charge in [0.05, 0.1) is 11.8 Å². The second-order valence-corrected chi connectivity index (χ2v) is 7.32. The van der Waals surface area contributed by atoms with Crippen LogP contribution in [0.1, 0.15) is 41.8 Å². The van der Waals surface area contributed by atoms with Crippen molar-refractivity contribution in [2.24, 2.45) is 5.92 Å². The molecule has 3 rings (SSSR count). The molecule has 1 atom stereocenters. The summed E-state index contributed by atoms with van der Waals surface area (Å²) in [5.74, 6) is 1.39. The summed E-state index contributed by atoms with van der Waals surface area (Å²) in [7, 11) is 0. The number of piperidine rings is 1. The zero-order valence-corrected chi connectivity index (χ0v) is 15.4. The lowest BCUT2D eigenvalue weighted by Gasteiger charge is -2.34. The van der Waals surface area contributed by atoms with E-state index < -0.39 is 0 Å². The lowest BCUT2D eigenvalue weighted by molar-refractivity contribution is 0.0542. The highest BCUT2D eigenvalue weighted by Gasteiger charge is 2.25. The van der Waals surface area contributed by atoms with Crippen molar-refractivity contribution < 1.29 is 9.63 Å². The number of aromatic nitrogens is 1. The number of hydrogen-bond donors (Lipinski definition) is 1. The maximum Gasteiger partial charge on any atom is 0.137 e. The summed E-state index contributed by atoms with van der Waals surface area (Å²) in [5, 5.41) is 14.6. The fourth-order valence-corrected chi connectivity index (χ4v) is 3.88. The van der Waals surface area contributed by atoms with Crippen LogP contribution >= 0.6 is 0 Å². The van der Waals surface area contributed by atoms with Crippen molar-refractivity contribution in [2.45, 2.75) is 52.1 Å². The number of aryl methyl sites for hydroxylation is 3. The van der Waals surface area contributed by atoms with Crippen LogP contribution in [0.3, 0.4) is 0 Å². The molecule has 25 heavy (non-hydrogen) atoms. The molecule has 1 aliphatic heterocycles. The molecule has 1 unspecified atom stereocenters. The van der Waals surface area contributed by atoms with Crippen LogP contribution in [0.25, 0.3) is 0 Å². The Morgan fingerprint density at radius 3 is 2.52 bits per heavy atom. The molecule has 0 spiro atoms. The summed E-state index contributed by atoms with van der Waals surface area (Å²) in [6.07, 6.45) is 4.85. The van der Waals surface area contributed by atoms with E-state index >= 15 is 0 Å². The number of aliphatic hydroxyl groups is 1. The molecule has 0 amide bonds. The lowest BCUT2D eigenvalue weighted by Crippen LogP contribution is -2.39. The molecule has 0 bridgehead atoms. The number of nitrogens with zero attached hydrogens (tertiary/aromatic N) is 2. The maximum absolute atomic E-state index is 10.5. The van der Waals surface area contributed by atoms with Crippen LogP contribution in [-0.2, 0) is 12.8 Å². The summed E-state index contributed by atoms with van der Waals surface area (Å²) in [6, 6.07) is 10.5. The molecule has 1 fully saturated rings. The Morgan fingerprint density at radius 2 is 1.88 bits per heavy atom. The van der Waals surface area contributed by atoms with Gasteiger partial charge >= 0.3 is 0 Å². The van der Waals surface area contributed by atoms with Gasteiger partial charge in [-0.1, -0.05) is 35.5 Å². The first-order valence-electron chi connectivity index (χ1n) is 9.49. The minimum Gasteiger partial charge on any atom is -0.393 e. The molecule has 4 heteroatoms. The summed E-state index contributed by atoms with van der Waals surface area (Å²) in [6.45, 7) is 7.22. The summed E-state index contributed by atoms with van der Waals surface area (Å²) in [4.78, 5) is 2.51. The van der Waals surface area contributed by atoms with Gasteiger partial charge in [-0.2, -0.15) is 0 Å². The molecule has 0 aliphatic carbocycles. The third kappa shape index (κ3) is 4.93. The number of likely N-dealkylation sites (tertiary alicyclic amines) is 1. The van der Waals surface area contributed by atoms with Gasteiger partial charge in [-0.3, -0.25) is 0 Å². The molecule has 2 aromatic rings. The van der Waals surface area contributed by atoms with E-state index in [4.69, 9.17) is 4.52 Å². The Kier molecular flexibility index (Phi) is 6.27. The van der Waals surface area contributed by atoms with Crippen molar-refractivity contribution in [1.82, 2.24) is 10.1 Å². The first-order chi connectivity index (χ1) is 12.1. The number of hydrogen-bond acceptors (Lipinski definition) is 4. The lowest BCUT2D eigenvalue weighted by atomic mass is 9.88. The minimum absolute atomic E-state index is 0.176. The largest absolute Gasteiger partial charge is 0.393 e. The van der Waals surface area contributed by atoms with Crippen LogP contribution < -0.4 is 0 Å². The molecule has 2 heterocycles. The van der Waals surface area contributed by atoms with Crippen molar-refractivity contribution >= 4 is 0 Å². The van der Waals surface area contributed by atoms with Gasteiger partial charge in [0.2, 0.25) is 0 Å². The van der Waals surface area contributed by atoms with E-state index in [1.54, 1.807) is 0 Å². The van der Waals surface area contributed by atoms with Gasteiger partial charge < -0.3 is 14.5 Å². The molecule has 136 valence electrons. The fourth-order valence-electron chi connectivity index (χ4n) is 3.88. The predicted octanol–water partition coefficient (Wildman–Crippen LogP) is 3.54. The van der Waals surface area contributed by atoms with E-state index in [2.05, 4.69) is 34.3 Å². The maximum atomic E-state index is 10.5. The molecule has 1 N–H and O–H groups in total. The molecular formula is C21H30N2O2. The number of rotatable bonds is 7. The Morgan fingerprint density at radius 1 is 1.16 bits per heavy atom. The summed E-state index contributed by atoms with van der Waals surface area (Å²) in [5.41, 5.74) is 3.59. The fraction of sp³-hybridized carbons (Fsp3) is 0.571. The zero-order valence-electron chi connectivity index (χ0n) is 15.4. The number of aliphatic hydroxyl groups excluding tert-OH is 1. The third-order valence-corrected chi connectivity index (χ3v) is 5.61. The zero-order chi connectivity index (χ0) is 17.6. The van der Waals surface area contributed by atoms with Gasteiger partial charge in [-0.15, -0.1) is 0 Å². The van der Waals surface area contributed by atoms with E-state index in [9.17, 15) is 5.11 Å². The second-order valence-electron chi connectivity index (χ2n) is 7.32. The van der Waals surface area contributed by atoms with Gasteiger partial charge in [0.25, 0.3) is 0 Å². The van der Waals surface area contributed by atoms with Crippen LogP contribution in [0.4, 0.5) is 0 Å². The molecular weight excluding hydrogens is 312 g/mol. The highest BCUT2D eigenvalue weighted by atomic mass is 16.5. The van der Waals surface area contributed by atoms with Crippen LogP contribution in [0, 0.1) is 19.8 Å². The normalized spacial score (nSPS) is 17.7. The van der Waals surface area contributed by atoms with Crippen molar-refractivity contribution in [2.75, 3.05) is 19.6 Å². The van der Waals surface area contributed by atoms with Crippen molar-refractivity contribution in [3.05, 3.63) is 52.9 Å². The Hall–Kier alpha value is -1.65. The Bertz CT molecular complexity index is 626. The standard InChI is InChI=1S/C21H30N2O2/c1-16-20(17(2)25-22-16)12-15-23-13-10-19(11-14-23)21(24)9-8-18-6-4-3-5-7-18/h3-7,19,21,24H,8-15H2,1-2H3. The Labute approximate surface area is 150 Å². The summed E-state index contributed by atoms with van der Waals surface area (Å²) < 4.78 is 5.25. The molecule has 1 saturated heterocycles. The summed E-state index contributed by atoms with van der Waals surface area (Å²) >= 11 is 0.